The Bertz CT molecular complexity index is 855. The standard InChI is InChI=1S/C26H43N5O5S/c1-17(2)15-22(26(35)36)31-24(33)20(11-7-8-13-27)30-25(34)21(12-14-37-3)29-23(32)19(28)16-18-9-5-4-6-10-18/h4-6,9-10,17,19-22H,7-8,11-16,27-28H2,1-3H3,(H,29,32)(H,30,34)(H,31,33)(H,35,36). The summed E-state index contributed by atoms with van der Waals surface area (Å²) >= 11 is 1.52. The molecular formula is C26H43N5O5S. The SMILES string of the molecule is CSCCC(NC(=O)C(N)Cc1ccccc1)C(=O)NC(CCCCN)C(=O)NC(CC(C)C)C(=O)O. The van der Waals surface area contributed by atoms with Crippen molar-refractivity contribution in [3.63, 3.8) is 0 Å². The van der Waals surface area contributed by atoms with Crippen molar-refractivity contribution in [2.75, 3.05) is 18.6 Å². The number of carbonyl (C=O) groups is 4. The molecule has 0 aliphatic heterocycles. The van der Waals surface area contributed by atoms with Crippen LogP contribution in [0, 0.1) is 5.92 Å². The summed E-state index contributed by atoms with van der Waals surface area (Å²) in [5.41, 5.74) is 12.6. The Kier molecular flexibility index (Phi) is 15.6. The zero-order valence-corrected chi connectivity index (χ0v) is 22.9. The number of rotatable bonds is 18. The number of nitrogens with one attached hydrogen (secondary N) is 3. The van der Waals surface area contributed by atoms with Crippen molar-refractivity contribution >= 4 is 35.5 Å². The van der Waals surface area contributed by atoms with Crippen LogP contribution in [0.3, 0.4) is 0 Å². The van der Waals surface area contributed by atoms with E-state index >= 15 is 0 Å². The Labute approximate surface area is 224 Å². The van der Waals surface area contributed by atoms with E-state index in [1.807, 2.05) is 50.4 Å². The number of amides is 3. The van der Waals surface area contributed by atoms with E-state index in [0.717, 1.165) is 5.56 Å². The molecule has 0 aliphatic carbocycles. The van der Waals surface area contributed by atoms with Gasteiger partial charge in [0.15, 0.2) is 0 Å². The third-order valence-electron chi connectivity index (χ3n) is 5.78. The number of unbranched alkanes of at least 4 members (excludes halogenated alkanes) is 1. The zero-order chi connectivity index (χ0) is 27.8. The van der Waals surface area contributed by atoms with Crippen LogP contribution in [0.4, 0.5) is 0 Å². The first-order valence-electron chi connectivity index (χ1n) is 12.7. The van der Waals surface area contributed by atoms with Crippen LogP contribution in [0.15, 0.2) is 30.3 Å². The van der Waals surface area contributed by atoms with E-state index in [-0.39, 0.29) is 12.3 Å². The van der Waals surface area contributed by atoms with E-state index in [0.29, 0.717) is 44.4 Å². The minimum Gasteiger partial charge on any atom is -0.480 e. The molecule has 1 aromatic carbocycles. The quantitative estimate of drug-likeness (QED) is 0.150. The molecule has 0 aliphatic rings. The molecule has 3 amide bonds. The van der Waals surface area contributed by atoms with Crippen molar-refractivity contribution in [2.24, 2.45) is 17.4 Å². The predicted molar refractivity (Wildman–Crippen MR) is 147 cm³/mol. The van der Waals surface area contributed by atoms with Crippen molar-refractivity contribution in [3.8, 4) is 0 Å². The maximum absolute atomic E-state index is 13.2. The molecule has 0 bridgehead atoms. The number of carbonyl (C=O) groups excluding carboxylic acids is 3. The molecule has 4 unspecified atom stereocenters. The van der Waals surface area contributed by atoms with Crippen LogP contribution in [-0.4, -0.2) is 71.5 Å². The topological polar surface area (TPSA) is 177 Å². The van der Waals surface area contributed by atoms with E-state index in [1.54, 1.807) is 0 Å². The molecule has 0 spiro atoms. The highest BCUT2D eigenvalue weighted by Crippen LogP contribution is 2.09. The molecule has 4 atom stereocenters. The molecular weight excluding hydrogens is 494 g/mol. The number of hydrogen-bond donors (Lipinski definition) is 6. The van der Waals surface area contributed by atoms with Gasteiger partial charge >= 0.3 is 5.97 Å². The van der Waals surface area contributed by atoms with Crippen LogP contribution in [0.1, 0.15) is 51.5 Å². The Balaban J connectivity index is 2.94. The predicted octanol–water partition coefficient (Wildman–Crippen LogP) is 1.02. The van der Waals surface area contributed by atoms with Gasteiger partial charge in [-0.15, -0.1) is 0 Å². The molecule has 1 rings (SSSR count). The van der Waals surface area contributed by atoms with E-state index in [4.69, 9.17) is 11.5 Å². The summed E-state index contributed by atoms with van der Waals surface area (Å²) in [6, 6.07) is 5.59. The Morgan fingerprint density at radius 2 is 1.46 bits per heavy atom. The van der Waals surface area contributed by atoms with Crippen LogP contribution in [0.2, 0.25) is 0 Å². The molecule has 208 valence electrons. The van der Waals surface area contributed by atoms with Gasteiger partial charge in [-0.05, 0) is 68.6 Å². The number of benzene rings is 1. The van der Waals surface area contributed by atoms with Crippen LogP contribution in [-0.2, 0) is 25.6 Å². The molecule has 0 heterocycles. The molecule has 0 fully saturated rings. The molecule has 0 saturated carbocycles. The number of carboxylic acids is 1. The second kappa shape index (κ2) is 17.8. The fourth-order valence-electron chi connectivity index (χ4n) is 3.74. The molecule has 11 heteroatoms. The Morgan fingerprint density at radius 3 is 2.00 bits per heavy atom. The van der Waals surface area contributed by atoms with Crippen molar-refractivity contribution in [2.45, 2.75) is 76.5 Å². The molecule has 8 N–H and O–H groups in total. The van der Waals surface area contributed by atoms with Gasteiger partial charge in [0.25, 0.3) is 0 Å². The molecule has 0 aromatic heterocycles. The zero-order valence-electron chi connectivity index (χ0n) is 22.1. The first-order chi connectivity index (χ1) is 17.6. The fourth-order valence-corrected chi connectivity index (χ4v) is 4.21. The summed E-state index contributed by atoms with van der Waals surface area (Å²) in [6.07, 6.45) is 4.33. The maximum atomic E-state index is 13.2. The Morgan fingerprint density at radius 1 is 0.892 bits per heavy atom. The van der Waals surface area contributed by atoms with Crippen LogP contribution < -0.4 is 27.4 Å². The monoisotopic (exact) mass is 537 g/mol. The third-order valence-corrected chi connectivity index (χ3v) is 6.42. The minimum atomic E-state index is -1.13. The maximum Gasteiger partial charge on any atom is 0.326 e. The highest BCUT2D eigenvalue weighted by Gasteiger charge is 2.30. The summed E-state index contributed by atoms with van der Waals surface area (Å²) in [4.78, 5) is 50.7. The average Bonchev–Trinajstić information content (AvgIpc) is 2.85. The van der Waals surface area contributed by atoms with Gasteiger partial charge in [0.05, 0.1) is 6.04 Å². The second-order valence-corrected chi connectivity index (χ2v) is 10.5. The summed E-state index contributed by atoms with van der Waals surface area (Å²) in [6.45, 7) is 4.16. The lowest BCUT2D eigenvalue weighted by atomic mass is 10.0. The molecule has 0 radical (unpaired) electrons. The number of carboxylic acid groups (broad SMARTS) is 1. The molecule has 1 aromatic rings. The normalized spacial score (nSPS) is 14.3. The van der Waals surface area contributed by atoms with E-state index in [1.165, 1.54) is 11.8 Å². The lowest BCUT2D eigenvalue weighted by Gasteiger charge is -2.25. The summed E-state index contributed by atoms with van der Waals surface area (Å²) < 4.78 is 0. The molecule has 10 nitrogen and oxygen atoms in total. The van der Waals surface area contributed by atoms with Crippen LogP contribution in [0.25, 0.3) is 0 Å². The number of nitrogens with two attached hydrogens (primary N) is 2. The third kappa shape index (κ3) is 12.9. The average molecular weight is 538 g/mol. The highest BCUT2D eigenvalue weighted by atomic mass is 32.2. The van der Waals surface area contributed by atoms with Gasteiger partial charge in [-0.1, -0.05) is 44.2 Å². The number of thioether (sulfide) groups is 1. The van der Waals surface area contributed by atoms with E-state index < -0.39 is 47.9 Å². The van der Waals surface area contributed by atoms with Gasteiger partial charge in [-0.2, -0.15) is 11.8 Å². The van der Waals surface area contributed by atoms with Gasteiger partial charge in [-0.25, -0.2) is 4.79 Å². The van der Waals surface area contributed by atoms with Crippen molar-refractivity contribution in [1.29, 1.82) is 0 Å². The van der Waals surface area contributed by atoms with E-state index in [9.17, 15) is 24.3 Å². The Hall–Kier alpha value is -2.63. The lowest BCUT2D eigenvalue weighted by molar-refractivity contribution is -0.142. The smallest absolute Gasteiger partial charge is 0.326 e. The van der Waals surface area contributed by atoms with Gasteiger partial charge in [-0.3, -0.25) is 14.4 Å². The summed E-state index contributed by atoms with van der Waals surface area (Å²) in [5.74, 6) is -2.03. The number of hydrogen-bond acceptors (Lipinski definition) is 7. The summed E-state index contributed by atoms with van der Waals surface area (Å²) in [7, 11) is 0. The highest BCUT2D eigenvalue weighted by molar-refractivity contribution is 7.98. The fraction of sp³-hybridized carbons (Fsp3) is 0.615. The van der Waals surface area contributed by atoms with Gasteiger partial charge in [0.1, 0.15) is 18.1 Å². The van der Waals surface area contributed by atoms with E-state index in [2.05, 4.69) is 16.0 Å². The van der Waals surface area contributed by atoms with Crippen molar-refractivity contribution < 1.29 is 24.3 Å². The van der Waals surface area contributed by atoms with Crippen LogP contribution in [0.5, 0.6) is 0 Å². The minimum absolute atomic E-state index is 0.0536. The van der Waals surface area contributed by atoms with Crippen molar-refractivity contribution in [3.05, 3.63) is 35.9 Å². The van der Waals surface area contributed by atoms with Gasteiger partial charge in [0.2, 0.25) is 17.7 Å². The molecule has 0 saturated heterocycles. The first kappa shape index (κ1) is 32.4. The summed E-state index contributed by atoms with van der Waals surface area (Å²) in [5, 5.41) is 17.5. The van der Waals surface area contributed by atoms with Crippen molar-refractivity contribution in [1.82, 2.24) is 16.0 Å². The molecule has 37 heavy (non-hydrogen) atoms. The second-order valence-electron chi connectivity index (χ2n) is 9.51. The number of aliphatic carboxylic acids is 1. The van der Waals surface area contributed by atoms with Gasteiger partial charge < -0.3 is 32.5 Å². The largest absolute Gasteiger partial charge is 0.480 e. The van der Waals surface area contributed by atoms with Crippen LogP contribution >= 0.6 is 11.8 Å². The lowest BCUT2D eigenvalue weighted by Crippen LogP contribution is -2.57. The van der Waals surface area contributed by atoms with Gasteiger partial charge in [0, 0.05) is 0 Å². The first-order valence-corrected chi connectivity index (χ1v) is 14.1.